The smallest absolute Gasteiger partial charge is 0.131 e. The molecule has 0 unspecified atom stereocenters. The molecule has 0 saturated carbocycles. The van der Waals surface area contributed by atoms with E-state index in [4.69, 9.17) is 5.73 Å². The van der Waals surface area contributed by atoms with E-state index in [1.54, 1.807) is 12.1 Å². The van der Waals surface area contributed by atoms with Gasteiger partial charge in [-0.2, -0.15) is 0 Å². The third-order valence-electron chi connectivity index (χ3n) is 2.64. The zero-order valence-corrected chi connectivity index (χ0v) is 9.44. The molecule has 0 aliphatic rings. The lowest BCUT2D eigenvalue weighted by molar-refractivity contribution is 0.604. The maximum absolute atomic E-state index is 13.6. The van der Waals surface area contributed by atoms with E-state index in [0.717, 1.165) is 5.56 Å². The van der Waals surface area contributed by atoms with Crippen molar-refractivity contribution in [1.82, 2.24) is 4.57 Å². The van der Waals surface area contributed by atoms with Crippen molar-refractivity contribution in [2.75, 3.05) is 5.73 Å². The number of aromatic nitrogens is 1. The van der Waals surface area contributed by atoms with Crippen LogP contribution in [0.2, 0.25) is 0 Å². The summed E-state index contributed by atoms with van der Waals surface area (Å²) in [4.78, 5) is 0. The number of benzene rings is 1. The predicted octanol–water partition coefficient (Wildman–Crippen LogP) is 3.46. The zero-order chi connectivity index (χ0) is 11.7. The van der Waals surface area contributed by atoms with E-state index in [1.165, 1.54) is 6.07 Å². The first-order valence-electron chi connectivity index (χ1n) is 5.31. The molecule has 2 aromatic rings. The molecule has 0 fully saturated rings. The molecular weight excluding hydrogens is 203 g/mol. The fraction of sp³-hybridized carbons (Fsp3) is 0.231. The highest BCUT2D eigenvalue weighted by molar-refractivity contribution is 5.76. The number of nitrogens with zero attached hydrogens (tertiary/aromatic N) is 1. The number of hydrogen-bond donors (Lipinski definition) is 1. The van der Waals surface area contributed by atoms with Gasteiger partial charge in [0.1, 0.15) is 5.82 Å². The van der Waals surface area contributed by atoms with Crippen molar-refractivity contribution in [2.24, 2.45) is 0 Å². The molecule has 2 nitrogen and oxygen atoms in total. The fourth-order valence-corrected chi connectivity index (χ4v) is 1.69. The van der Waals surface area contributed by atoms with E-state index in [9.17, 15) is 4.39 Å². The number of nitrogen functional groups attached to an aromatic ring is 1. The van der Waals surface area contributed by atoms with Crippen LogP contribution in [0.1, 0.15) is 19.9 Å². The van der Waals surface area contributed by atoms with Crippen molar-refractivity contribution in [1.29, 1.82) is 0 Å². The Balaban J connectivity index is 2.52. The van der Waals surface area contributed by atoms with E-state index in [-0.39, 0.29) is 5.82 Å². The van der Waals surface area contributed by atoms with Crippen molar-refractivity contribution >= 4 is 5.69 Å². The molecule has 3 heteroatoms. The summed E-state index contributed by atoms with van der Waals surface area (Å²) in [6, 6.07) is 6.99. The Bertz CT molecular complexity index is 500. The van der Waals surface area contributed by atoms with Gasteiger partial charge in [-0.25, -0.2) is 4.39 Å². The summed E-state index contributed by atoms with van der Waals surface area (Å²) in [5.41, 5.74) is 7.81. The summed E-state index contributed by atoms with van der Waals surface area (Å²) >= 11 is 0. The molecule has 2 rings (SSSR count). The van der Waals surface area contributed by atoms with Crippen LogP contribution >= 0.6 is 0 Å². The standard InChI is InChI=1S/C13H15FN2/c1-9(2)16-7-11(13(15)8-16)10-5-3-4-6-12(10)14/h3-9H,15H2,1-2H3. The van der Waals surface area contributed by atoms with Crippen LogP contribution < -0.4 is 5.73 Å². The van der Waals surface area contributed by atoms with Gasteiger partial charge < -0.3 is 10.3 Å². The minimum absolute atomic E-state index is 0.240. The van der Waals surface area contributed by atoms with Gasteiger partial charge in [-0.05, 0) is 19.9 Å². The molecule has 2 N–H and O–H groups in total. The number of nitrogens with two attached hydrogens (primary N) is 1. The van der Waals surface area contributed by atoms with Crippen molar-refractivity contribution in [3.8, 4) is 11.1 Å². The molecule has 0 bridgehead atoms. The van der Waals surface area contributed by atoms with Crippen molar-refractivity contribution in [2.45, 2.75) is 19.9 Å². The molecule has 84 valence electrons. The van der Waals surface area contributed by atoms with E-state index < -0.39 is 0 Å². The van der Waals surface area contributed by atoms with Gasteiger partial charge >= 0.3 is 0 Å². The van der Waals surface area contributed by atoms with Crippen LogP contribution in [0.4, 0.5) is 10.1 Å². The third kappa shape index (κ3) is 1.81. The zero-order valence-electron chi connectivity index (χ0n) is 9.44. The normalized spacial score (nSPS) is 11.0. The van der Waals surface area contributed by atoms with Gasteiger partial charge in [-0.15, -0.1) is 0 Å². The average molecular weight is 218 g/mol. The molecule has 1 aromatic heterocycles. The minimum Gasteiger partial charge on any atom is -0.397 e. The maximum atomic E-state index is 13.6. The lowest BCUT2D eigenvalue weighted by atomic mass is 10.1. The molecule has 0 amide bonds. The first-order valence-corrected chi connectivity index (χ1v) is 5.31. The van der Waals surface area contributed by atoms with Gasteiger partial charge in [0, 0.05) is 29.6 Å². The molecule has 1 aromatic carbocycles. The predicted molar refractivity (Wildman–Crippen MR) is 64.6 cm³/mol. The molecule has 0 radical (unpaired) electrons. The lowest BCUT2D eigenvalue weighted by Gasteiger charge is -2.05. The Hall–Kier alpha value is -1.77. The summed E-state index contributed by atoms with van der Waals surface area (Å²) in [6.07, 6.45) is 3.73. The van der Waals surface area contributed by atoms with Crippen molar-refractivity contribution < 1.29 is 4.39 Å². The fourth-order valence-electron chi connectivity index (χ4n) is 1.69. The van der Waals surface area contributed by atoms with Crippen molar-refractivity contribution in [3.63, 3.8) is 0 Å². The summed E-state index contributed by atoms with van der Waals surface area (Å²) in [7, 11) is 0. The molecule has 16 heavy (non-hydrogen) atoms. The van der Waals surface area contributed by atoms with Gasteiger partial charge in [-0.1, -0.05) is 18.2 Å². The highest BCUT2D eigenvalue weighted by Gasteiger charge is 2.11. The number of hydrogen-bond acceptors (Lipinski definition) is 1. The van der Waals surface area contributed by atoms with E-state index >= 15 is 0 Å². The molecule has 0 aliphatic carbocycles. The molecule has 0 saturated heterocycles. The second kappa shape index (κ2) is 4.00. The summed E-state index contributed by atoms with van der Waals surface area (Å²) < 4.78 is 15.6. The Morgan fingerprint density at radius 3 is 2.38 bits per heavy atom. The largest absolute Gasteiger partial charge is 0.397 e. The third-order valence-corrected chi connectivity index (χ3v) is 2.64. The Morgan fingerprint density at radius 2 is 1.81 bits per heavy atom. The molecule has 0 aliphatic heterocycles. The molecule has 1 heterocycles. The van der Waals surface area contributed by atoms with Crippen LogP contribution in [-0.4, -0.2) is 4.57 Å². The van der Waals surface area contributed by atoms with E-state index in [2.05, 4.69) is 13.8 Å². The first kappa shape index (κ1) is 10.7. The second-order valence-electron chi connectivity index (χ2n) is 4.15. The number of anilines is 1. The highest BCUT2D eigenvalue weighted by atomic mass is 19.1. The van der Waals surface area contributed by atoms with Crippen LogP contribution in [0.25, 0.3) is 11.1 Å². The molecule has 0 spiro atoms. The van der Waals surface area contributed by atoms with Gasteiger partial charge in [0.25, 0.3) is 0 Å². The van der Waals surface area contributed by atoms with Crippen LogP contribution in [0.5, 0.6) is 0 Å². The van der Waals surface area contributed by atoms with Gasteiger partial charge in [-0.3, -0.25) is 0 Å². The topological polar surface area (TPSA) is 30.9 Å². The minimum atomic E-state index is -0.240. The van der Waals surface area contributed by atoms with Crippen LogP contribution in [0, 0.1) is 5.82 Å². The van der Waals surface area contributed by atoms with Crippen molar-refractivity contribution in [3.05, 3.63) is 42.5 Å². The van der Waals surface area contributed by atoms with Gasteiger partial charge in [0.2, 0.25) is 0 Å². The summed E-state index contributed by atoms with van der Waals surface area (Å²) in [5, 5.41) is 0. The summed E-state index contributed by atoms with van der Waals surface area (Å²) in [5.74, 6) is -0.240. The second-order valence-corrected chi connectivity index (χ2v) is 4.15. The Morgan fingerprint density at radius 1 is 1.12 bits per heavy atom. The van der Waals surface area contributed by atoms with Crippen LogP contribution in [0.3, 0.4) is 0 Å². The van der Waals surface area contributed by atoms with E-state index in [1.807, 2.05) is 23.0 Å². The maximum Gasteiger partial charge on any atom is 0.131 e. The number of halogens is 1. The van der Waals surface area contributed by atoms with Gasteiger partial charge in [0.15, 0.2) is 0 Å². The highest BCUT2D eigenvalue weighted by Crippen LogP contribution is 2.30. The number of rotatable bonds is 2. The lowest BCUT2D eigenvalue weighted by Crippen LogP contribution is -1.95. The Labute approximate surface area is 94.5 Å². The SMILES string of the molecule is CC(C)n1cc(N)c(-c2ccccc2F)c1. The first-order chi connectivity index (χ1) is 7.59. The van der Waals surface area contributed by atoms with E-state index in [0.29, 0.717) is 17.3 Å². The summed E-state index contributed by atoms with van der Waals surface area (Å²) in [6.45, 7) is 4.12. The van der Waals surface area contributed by atoms with Crippen LogP contribution in [-0.2, 0) is 0 Å². The van der Waals surface area contributed by atoms with Crippen LogP contribution in [0.15, 0.2) is 36.7 Å². The molecule has 0 atom stereocenters. The Kier molecular flexibility index (Phi) is 2.69. The van der Waals surface area contributed by atoms with Gasteiger partial charge in [0.05, 0.1) is 5.69 Å². The molecular formula is C13H15FN2. The monoisotopic (exact) mass is 218 g/mol. The average Bonchev–Trinajstić information content (AvgIpc) is 2.61. The quantitative estimate of drug-likeness (QED) is 0.822.